The molecule has 1 saturated carbocycles. The number of hydrogen-bond donors (Lipinski definition) is 2. The molecule has 8 nitrogen and oxygen atoms in total. The zero-order valence-corrected chi connectivity index (χ0v) is 28.8. The predicted molar refractivity (Wildman–Crippen MR) is 205 cm³/mol. The number of hydrogen-bond acceptors (Lipinski definition) is 5. The Kier molecular flexibility index (Phi) is 10.2. The summed E-state index contributed by atoms with van der Waals surface area (Å²) in [7, 11) is 51.2. The summed E-state index contributed by atoms with van der Waals surface area (Å²) in [5.74, 6) is -1.75. The van der Waals surface area contributed by atoms with Crippen molar-refractivity contribution in [3.05, 3.63) is 77.6 Å². The normalized spacial score (nSPS) is 14.3. The van der Waals surface area contributed by atoms with Crippen LogP contribution >= 0.6 is 0 Å². The molecule has 51 heavy (non-hydrogen) atoms. The van der Waals surface area contributed by atoms with Gasteiger partial charge in [0.15, 0.2) is 0 Å². The number of amides is 2. The molecule has 1 fully saturated rings. The van der Waals surface area contributed by atoms with Crippen molar-refractivity contribution >= 4 is 109 Å². The predicted octanol–water partition coefficient (Wildman–Crippen LogP) is 1.65. The first-order chi connectivity index (χ1) is 23.5. The molecule has 4 aromatic rings. The molecule has 2 N–H and O–H groups in total. The van der Waals surface area contributed by atoms with Crippen molar-refractivity contribution in [3.63, 3.8) is 0 Å². The molecule has 5 rings (SSSR count). The number of halogens is 1. The third-order valence-corrected chi connectivity index (χ3v) is 9.99. The average Bonchev–Trinajstić information content (AvgIpc) is 3.77. The monoisotopic (exact) mass is 681 g/mol. The van der Waals surface area contributed by atoms with Gasteiger partial charge in [-0.15, -0.1) is 15.3 Å². The Bertz CT molecular complexity index is 2070. The highest BCUT2D eigenvalue weighted by Crippen LogP contribution is 2.53. The van der Waals surface area contributed by atoms with Gasteiger partial charge in [0.25, 0.3) is 11.8 Å². The molecule has 2 amide bonds. The van der Waals surface area contributed by atoms with E-state index in [0.29, 0.717) is 22.1 Å². The molecule has 19 heteroatoms. The molecule has 3 aromatic carbocycles. The van der Waals surface area contributed by atoms with Gasteiger partial charge in [-0.1, -0.05) is 12.1 Å². The van der Waals surface area contributed by atoms with E-state index in [0.717, 1.165) is 19.1 Å². The van der Waals surface area contributed by atoms with Gasteiger partial charge in [-0.25, -0.2) is 12.8 Å². The van der Waals surface area contributed by atoms with Crippen LogP contribution in [-0.4, -0.2) is 116 Å². The number of rotatable bonds is 12. The summed E-state index contributed by atoms with van der Waals surface area (Å²) in [6.07, 6.45) is 2.74. The number of sulfonamides is 1. The smallest absolute Gasteiger partial charge is 0.255 e. The van der Waals surface area contributed by atoms with Crippen LogP contribution in [-0.2, 0) is 10.0 Å². The zero-order valence-electron chi connectivity index (χ0n) is 27.9. The highest BCUT2D eigenvalue weighted by molar-refractivity contribution is 7.92. The van der Waals surface area contributed by atoms with Crippen LogP contribution in [0.25, 0.3) is 33.4 Å². The molecule has 1 heterocycles. The summed E-state index contributed by atoms with van der Waals surface area (Å²) >= 11 is 0. The lowest BCUT2D eigenvalue weighted by atomic mass is 9.12. The Balaban J connectivity index is 1.76. The number of furan rings is 1. The first kappa shape index (κ1) is 38.6. The number of benzene rings is 3. The Hall–Kier alpha value is -3.60. The van der Waals surface area contributed by atoms with E-state index in [1.165, 1.54) is 59.9 Å². The van der Waals surface area contributed by atoms with Gasteiger partial charge in [-0.3, -0.25) is 13.9 Å². The minimum atomic E-state index is -3.89. The number of fused-ring (bicyclic) bond motifs is 1. The van der Waals surface area contributed by atoms with Crippen LogP contribution < -0.4 is 14.9 Å². The van der Waals surface area contributed by atoms with Gasteiger partial charge in [0, 0.05) is 41.7 Å². The van der Waals surface area contributed by atoms with Gasteiger partial charge >= 0.3 is 0 Å². The van der Waals surface area contributed by atoms with Crippen LogP contribution in [0.1, 0.15) is 33.6 Å². The molecule has 18 radical (unpaired) electrons. The summed E-state index contributed by atoms with van der Waals surface area (Å²) < 4.78 is 48.0. The second kappa shape index (κ2) is 13.4. The van der Waals surface area contributed by atoms with Crippen LogP contribution in [0.4, 0.5) is 10.1 Å². The van der Waals surface area contributed by atoms with Crippen LogP contribution in [0.5, 0.6) is 0 Å². The Labute approximate surface area is 309 Å². The van der Waals surface area contributed by atoms with E-state index >= 15 is 0 Å². The molecule has 0 bridgehead atoms. The molecule has 1 aliphatic carbocycles. The van der Waals surface area contributed by atoms with Gasteiger partial charge in [0.05, 0.1) is 88.1 Å². The maximum absolute atomic E-state index is 13.9. The summed E-state index contributed by atoms with van der Waals surface area (Å²) in [5, 5.41) is -2.47. The molecule has 1 aromatic heterocycles. The summed E-state index contributed by atoms with van der Waals surface area (Å²) in [6.45, 7) is 0.163. The van der Waals surface area contributed by atoms with E-state index in [9.17, 15) is 22.4 Å². The van der Waals surface area contributed by atoms with Crippen molar-refractivity contribution in [2.24, 2.45) is 5.92 Å². The fraction of sp³-hybridized carbons (Fsp3) is 0.312. The van der Waals surface area contributed by atoms with E-state index < -0.39 is 48.5 Å². The van der Waals surface area contributed by atoms with E-state index in [2.05, 4.69) is 10.6 Å². The minimum absolute atomic E-state index is 0.0838. The van der Waals surface area contributed by atoms with Crippen LogP contribution in [0.15, 0.2) is 65.1 Å². The van der Waals surface area contributed by atoms with Crippen LogP contribution in [0, 0.1) is 11.7 Å². The van der Waals surface area contributed by atoms with E-state index in [-0.39, 0.29) is 40.6 Å². The van der Waals surface area contributed by atoms with Crippen molar-refractivity contribution in [1.29, 1.82) is 0 Å². The molecular weight excluding hydrogens is 655 g/mol. The van der Waals surface area contributed by atoms with Gasteiger partial charge in [-0.05, 0) is 72.3 Å². The lowest BCUT2D eigenvalue weighted by Crippen LogP contribution is -2.71. The zero-order chi connectivity index (χ0) is 37.9. The largest absolute Gasteiger partial charge is 0.455 e. The first-order valence-corrected chi connectivity index (χ1v) is 17.4. The van der Waals surface area contributed by atoms with E-state index in [1.807, 2.05) is 0 Å². The molecule has 0 atom stereocenters. The number of carbonyl (C=O) groups excluding carboxylic acids is 2. The Morgan fingerprint density at radius 1 is 0.863 bits per heavy atom. The number of nitrogens with one attached hydrogen (secondary N) is 2. The van der Waals surface area contributed by atoms with E-state index in [1.54, 1.807) is 12.1 Å². The standard InChI is InChI=1S/C32H25B9FN3O5S/c1-43-28(47)25-22-13-21(18-4-3-5-19(12-18)27(46)44-29(30(33,34)35,31(36,37)38)32(39,40)41)23(45(51(2,48)49)15-16-6-7-16)14-24(22)50-26(25)17-8-10-20(42)11-9-17/h3-5,8-14,16H,6-7,15H2,1-2H3,(H,43,47)(H,44,46). The molecule has 1 aliphatic rings. The summed E-state index contributed by atoms with van der Waals surface area (Å²) in [5.41, 5.74) is -1.22. The summed E-state index contributed by atoms with van der Waals surface area (Å²) in [6, 6.07) is 14.4. The van der Waals surface area contributed by atoms with Crippen molar-refractivity contribution in [2.75, 3.05) is 24.2 Å². The molecule has 0 spiro atoms. The van der Waals surface area contributed by atoms with E-state index in [4.69, 9.17) is 75.0 Å². The molecule has 0 aliphatic heterocycles. The van der Waals surface area contributed by atoms with Crippen molar-refractivity contribution < 1.29 is 26.8 Å². The van der Waals surface area contributed by atoms with Crippen molar-refractivity contribution in [3.8, 4) is 22.5 Å². The Morgan fingerprint density at radius 3 is 1.96 bits per heavy atom. The molecule has 238 valence electrons. The number of anilines is 1. The van der Waals surface area contributed by atoms with Crippen LogP contribution in [0.2, 0.25) is 15.3 Å². The quantitative estimate of drug-likeness (QED) is 0.222. The Morgan fingerprint density at radius 2 is 1.45 bits per heavy atom. The summed E-state index contributed by atoms with van der Waals surface area (Å²) in [4.78, 5) is 27.2. The number of carbonyl (C=O) groups is 2. The fourth-order valence-corrected chi connectivity index (χ4v) is 7.18. The third kappa shape index (κ3) is 7.37. The fourth-order valence-electron chi connectivity index (χ4n) is 6.19. The van der Waals surface area contributed by atoms with Gasteiger partial charge in [0.1, 0.15) is 17.2 Å². The average molecular weight is 680 g/mol. The molecular formula is C32H25B9FN3O5S. The first-order valence-electron chi connectivity index (χ1n) is 15.6. The van der Waals surface area contributed by atoms with Crippen molar-refractivity contribution in [1.82, 2.24) is 10.6 Å². The second-order valence-corrected chi connectivity index (χ2v) is 15.0. The van der Waals surface area contributed by atoms with Crippen LogP contribution in [0.3, 0.4) is 0 Å². The van der Waals surface area contributed by atoms with Gasteiger partial charge < -0.3 is 15.1 Å². The minimum Gasteiger partial charge on any atom is -0.455 e. The lowest BCUT2D eigenvalue weighted by molar-refractivity contribution is 0.0895. The van der Waals surface area contributed by atoms with Crippen molar-refractivity contribution in [2.45, 2.75) is 33.7 Å². The topological polar surface area (TPSA) is 109 Å². The third-order valence-electron chi connectivity index (χ3n) is 8.84. The highest BCUT2D eigenvalue weighted by Gasteiger charge is 2.54. The second-order valence-electron chi connectivity index (χ2n) is 13.1. The molecule has 0 saturated heterocycles. The lowest BCUT2D eigenvalue weighted by Gasteiger charge is -2.65. The maximum Gasteiger partial charge on any atom is 0.255 e. The van der Waals surface area contributed by atoms with Gasteiger partial charge in [0.2, 0.25) is 10.0 Å². The maximum atomic E-state index is 13.9. The number of nitrogens with zero attached hydrogens (tertiary/aromatic N) is 1. The molecule has 0 unspecified atom stereocenters. The SMILES string of the molecule is [B]C([B])([B])C(NC(=O)c1cccc(-c2cc3c(C(=O)NC)c(-c4ccc(F)cc4)oc3cc2N(CC2CC2)S(C)(=O)=O)c1)(C([B])([B])[B])C([B])([B])[B]. The van der Waals surface area contributed by atoms with Gasteiger partial charge in [-0.2, -0.15) is 0 Å². The highest BCUT2D eigenvalue weighted by atomic mass is 32.2.